The van der Waals surface area contributed by atoms with Crippen LogP contribution in [0.4, 0.5) is 4.39 Å². The monoisotopic (exact) mass is 642 g/mol. The van der Waals surface area contributed by atoms with Gasteiger partial charge in [0, 0.05) is 21.7 Å². The summed E-state index contributed by atoms with van der Waals surface area (Å²) in [6.07, 6.45) is 1.67. The van der Waals surface area contributed by atoms with Gasteiger partial charge in [0.1, 0.15) is 17.3 Å². The molecule has 0 amide bonds. The maximum Gasteiger partial charge on any atom is 0.338 e. The Morgan fingerprint density at radius 2 is 1.86 bits per heavy atom. The Bertz CT molecular complexity index is 2020. The Morgan fingerprint density at radius 3 is 2.57 bits per heavy atom. The van der Waals surface area contributed by atoms with Gasteiger partial charge in [-0.05, 0) is 61.4 Å². The Kier molecular flexibility index (Phi) is 7.62. The first-order valence-electron chi connectivity index (χ1n) is 13.2. The van der Waals surface area contributed by atoms with Crippen molar-refractivity contribution in [2.75, 3.05) is 6.61 Å². The van der Waals surface area contributed by atoms with Crippen LogP contribution >= 0.6 is 27.3 Å². The number of carbonyl (C=O) groups excluding carboxylic acids is 1. The standard InChI is InChI=1S/C33H24BrFN2O4S/c1-3-40-32(39)28-29(20-7-5-4-6-8-20)36-33-37(30(28)21-10-12-22(35)13-11-21)31(38)27(42-33)18-23-14-16-26(41-23)24-15-9-19(2)17-25(24)34/h4-18,30H,3H2,1-2H3. The van der Waals surface area contributed by atoms with Gasteiger partial charge in [0.05, 0.1) is 28.5 Å². The quantitative estimate of drug-likeness (QED) is 0.201. The van der Waals surface area contributed by atoms with E-state index >= 15 is 0 Å². The predicted octanol–water partition coefficient (Wildman–Crippen LogP) is 6.41. The van der Waals surface area contributed by atoms with Crippen molar-refractivity contribution in [2.24, 2.45) is 4.99 Å². The number of halogens is 2. The zero-order chi connectivity index (χ0) is 29.4. The molecule has 1 aliphatic heterocycles. The molecule has 6 nitrogen and oxygen atoms in total. The van der Waals surface area contributed by atoms with Crippen molar-refractivity contribution in [1.82, 2.24) is 4.57 Å². The van der Waals surface area contributed by atoms with Gasteiger partial charge < -0.3 is 9.15 Å². The van der Waals surface area contributed by atoms with Crippen LogP contribution in [0.2, 0.25) is 0 Å². The van der Waals surface area contributed by atoms with Crippen LogP contribution in [0.1, 0.15) is 35.4 Å². The fourth-order valence-electron chi connectivity index (χ4n) is 4.93. The third-order valence-corrected chi connectivity index (χ3v) is 8.49. The van der Waals surface area contributed by atoms with E-state index in [-0.39, 0.29) is 17.7 Å². The van der Waals surface area contributed by atoms with E-state index in [0.717, 1.165) is 15.6 Å². The van der Waals surface area contributed by atoms with Gasteiger partial charge in [-0.25, -0.2) is 14.2 Å². The molecular formula is C33H24BrFN2O4S. The molecule has 0 bridgehead atoms. The summed E-state index contributed by atoms with van der Waals surface area (Å²) in [7, 11) is 0. The fourth-order valence-corrected chi connectivity index (χ4v) is 6.59. The van der Waals surface area contributed by atoms with Gasteiger partial charge in [0.2, 0.25) is 0 Å². The molecule has 9 heteroatoms. The highest BCUT2D eigenvalue weighted by Crippen LogP contribution is 2.35. The third-order valence-electron chi connectivity index (χ3n) is 6.85. The number of carbonyl (C=O) groups is 1. The SMILES string of the molecule is CCOC(=O)C1=C(c2ccccc2)N=c2sc(=Cc3ccc(-c4ccc(C)cc4Br)o3)c(=O)n2C1c1ccc(F)cc1. The lowest BCUT2D eigenvalue weighted by atomic mass is 9.93. The lowest BCUT2D eigenvalue weighted by Crippen LogP contribution is -2.40. The van der Waals surface area contributed by atoms with Crippen LogP contribution < -0.4 is 14.9 Å². The van der Waals surface area contributed by atoms with E-state index < -0.39 is 17.8 Å². The highest BCUT2D eigenvalue weighted by molar-refractivity contribution is 9.10. The van der Waals surface area contributed by atoms with Crippen molar-refractivity contribution in [2.45, 2.75) is 19.9 Å². The number of hydrogen-bond donors (Lipinski definition) is 0. The first-order chi connectivity index (χ1) is 20.3. The maximum atomic E-state index is 14.0. The van der Waals surface area contributed by atoms with Gasteiger partial charge in [-0.15, -0.1) is 0 Å². The third kappa shape index (κ3) is 5.21. The minimum Gasteiger partial charge on any atom is -0.463 e. The molecule has 210 valence electrons. The number of benzene rings is 3. The molecule has 1 aliphatic rings. The first kappa shape index (κ1) is 27.8. The van der Waals surface area contributed by atoms with Gasteiger partial charge in [-0.2, -0.15) is 0 Å². The number of hydrogen-bond acceptors (Lipinski definition) is 6. The van der Waals surface area contributed by atoms with E-state index in [1.165, 1.54) is 28.0 Å². The van der Waals surface area contributed by atoms with E-state index in [2.05, 4.69) is 15.9 Å². The number of aromatic nitrogens is 1. The second-order valence-corrected chi connectivity index (χ2v) is 11.5. The van der Waals surface area contributed by atoms with Gasteiger partial charge >= 0.3 is 5.97 Å². The molecule has 3 heterocycles. The van der Waals surface area contributed by atoms with E-state index in [1.807, 2.05) is 61.5 Å². The number of ether oxygens (including phenoxy) is 1. The maximum absolute atomic E-state index is 14.0. The fraction of sp³-hybridized carbons (Fsp3) is 0.121. The highest BCUT2D eigenvalue weighted by Gasteiger charge is 2.35. The zero-order valence-corrected chi connectivity index (χ0v) is 25.0. The summed E-state index contributed by atoms with van der Waals surface area (Å²) in [5, 5.41) is 0. The summed E-state index contributed by atoms with van der Waals surface area (Å²) in [5.41, 5.74) is 3.52. The van der Waals surface area contributed by atoms with E-state index in [0.29, 0.717) is 37.7 Å². The second kappa shape index (κ2) is 11.5. The second-order valence-electron chi connectivity index (χ2n) is 9.67. The normalized spacial score (nSPS) is 15.0. The lowest BCUT2D eigenvalue weighted by Gasteiger charge is -2.25. The van der Waals surface area contributed by atoms with Crippen molar-refractivity contribution >= 4 is 45.0 Å². The zero-order valence-electron chi connectivity index (χ0n) is 22.6. The van der Waals surface area contributed by atoms with Crippen LogP contribution in [0.15, 0.2) is 109 Å². The predicted molar refractivity (Wildman–Crippen MR) is 164 cm³/mol. The van der Waals surface area contributed by atoms with Crippen LogP contribution in [0, 0.1) is 12.7 Å². The first-order valence-corrected chi connectivity index (χ1v) is 14.9. The molecule has 3 aromatic carbocycles. The minimum atomic E-state index is -0.881. The van der Waals surface area contributed by atoms with Crippen LogP contribution in [0.5, 0.6) is 0 Å². The van der Waals surface area contributed by atoms with Gasteiger partial charge in [0.15, 0.2) is 4.80 Å². The van der Waals surface area contributed by atoms with Gasteiger partial charge in [-0.1, -0.05) is 75.8 Å². The van der Waals surface area contributed by atoms with Crippen molar-refractivity contribution < 1.29 is 18.3 Å². The molecule has 5 aromatic rings. The smallest absolute Gasteiger partial charge is 0.338 e. The summed E-state index contributed by atoms with van der Waals surface area (Å²) in [4.78, 5) is 32.7. The lowest BCUT2D eigenvalue weighted by molar-refractivity contribution is -0.138. The van der Waals surface area contributed by atoms with E-state index in [9.17, 15) is 14.0 Å². The Balaban J connectivity index is 1.55. The summed E-state index contributed by atoms with van der Waals surface area (Å²) in [6, 6.07) is 23.8. The molecule has 1 atom stereocenters. The summed E-state index contributed by atoms with van der Waals surface area (Å²) >= 11 is 4.79. The molecule has 42 heavy (non-hydrogen) atoms. The summed E-state index contributed by atoms with van der Waals surface area (Å²) in [6.45, 7) is 3.87. The average molecular weight is 644 g/mol. The molecule has 0 aliphatic carbocycles. The molecule has 0 saturated carbocycles. The van der Waals surface area contributed by atoms with Crippen LogP contribution in [-0.2, 0) is 9.53 Å². The number of aryl methyl sites for hydroxylation is 1. The van der Waals surface area contributed by atoms with Crippen molar-refractivity contribution in [3.63, 3.8) is 0 Å². The number of rotatable bonds is 6. The molecule has 1 unspecified atom stereocenters. The molecular weight excluding hydrogens is 619 g/mol. The highest BCUT2D eigenvalue weighted by atomic mass is 79.9. The molecule has 2 aromatic heterocycles. The Labute approximate surface area is 252 Å². The molecule has 6 rings (SSSR count). The van der Waals surface area contributed by atoms with Crippen molar-refractivity contribution in [3.05, 3.63) is 143 Å². The number of thiazole rings is 1. The van der Waals surface area contributed by atoms with E-state index in [1.54, 1.807) is 31.2 Å². The summed E-state index contributed by atoms with van der Waals surface area (Å²) < 4.78 is 28.3. The van der Waals surface area contributed by atoms with Gasteiger partial charge in [0.25, 0.3) is 5.56 Å². The molecule has 0 saturated heterocycles. The number of furan rings is 1. The molecule has 0 radical (unpaired) electrons. The van der Waals surface area contributed by atoms with Crippen LogP contribution in [-0.4, -0.2) is 17.1 Å². The Morgan fingerprint density at radius 1 is 1.10 bits per heavy atom. The number of nitrogens with zero attached hydrogens (tertiary/aromatic N) is 2. The molecule has 0 spiro atoms. The van der Waals surface area contributed by atoms with Crippen molar-refractivity contribution in [1.29, 1.82) is 0 Å². The average Bonchev–Trinajstić information content (AvgIpc) is 3.57. The molecule has 0 N–H and O–H groups in total. The van der Waals surface area contributed by atoms with Crippen molar-refractivity contribution in [3.8, 4) is 11.3 Å². The largest absolute Gasteiger partial charge is 0.463 e. The molecule has 0 fully saturated rings. The van der Waals surface area contributed by atoms with Crippen LogP contribution in [0.25, 0.3) is 23.1 Å². The summed E-state index contributed by atoms with van der Waals surface area (Å²) in [5.74, 6) is 0.128. The van der Waals surface area contributed by atoms with Gasteiger partial charge in [-0.3, -0.25) is 9.36 Å². The van der Waals surface area contributed by atoms with E-state index in [4.69, 9.17) is 14.1 Å². The number of esters is 1. The van der Waals surface area contributed by atoms with Crippen LogP contribution in [0.3, 0.4) is 0 Å². The topological polar surface area (TPSA) is 73.8 Å². The Hall–Kier alpha value is -4.34. The number of fused-ring (bicyclic) bond motifs is 1. The minimum absolute atomic E-state index is 0.142.